The topological polar surface area (TPSA) is 62.4 Å². The highest BCUT2D eigenvalue weighted by molar-refractivity contribution is 5.54. The van der Waals surface area contributed by atoms with Crippen LogP contribution in [-0.4, -0.2) is 29.8 Å². The fourth-order valence-electron chi connectivity index (χ4n) is 1.26. The summed E-state index contributed by atoms with van der Waals surface area (Å²) in [4.78, 5) is 6.25. The molecule has 1 aromatic heterocycles. The normalized spacial score (nSPS) is 10.2. The smallest absolute Gasteiger partial charge is 0.130 e. The van der Waals surface area contributed by atoms with Gasteiger partial charge in [0.2, 0.25) is 0 Å². The zero-order valence-corrected chi connectivity index (χ0v) is 8.70. The lowest BCUT2D eigenvalue weighted by atomic mass is 10.2. The first-order valence-electron chi connectivity index (χ1n) is 4.77. The van der Waals surface area contributed by atoms with Crippen molar-refractivity contribution in [1.82, 2.24) is 4.98 Å². The Morgan fingerprint density at radius 2 is 2.29 bits per heavy atom. The van der Waals surface area contributed by atoms with Gasteiger partial charge in [0.05, 0.1) is 6.61 Å². The van der Waals surface area contributed by atoms with Crippen LogP contribution in [0.3, 0.4) is 0 Å². The highest BCUT2D eigenvalue weighted by atomic mass is 16.3. The predicted molar refractivity (Wildman–Crippen MR) is 58.4 cm³/mol. The quantitative estimate of drug-likeness (QED) is 0.745. The van der Waals surface area contributed by atoms with Crippen LogP contribution >= 0.6 is 0 Å². The Labute approximate surface area is 84.4 Å². The van der Waals surface area contributed by atoms with Crippen LogP contribution in [0.25, 0.3) is 0 Å². The molecular weight excluding hydrogens is 178 g/mol. The van der Waals surface area contributed by atoms with Gasteiger partial charge < -0.3 is 15.7 Å². The molecule has 1 rings (SSSR count). The number of aromatic nitrogens is 1. The molecule has 0 saturated heterocycles. The number of nitrogens with two attached hydrogens (primary N) is 1. The van der Waals surface area contributed by atoms with Gasteiger partial charge in [-0.05, 0) is 19.4 Å². The highest BCUT2D eigenvalue weighted by Crippen LogP contribution is 2.16. The van der Waals surface area contributed by atoms with Crippen molar-refractivity contribution in [3.05, 3.63) is 17.8 Å². The van der Waals surface area contributed by atoms with Crippen molar-refractivity contribution >= 4 is 11.5 Å². The van der Waals surface area contributed by atoms with Crippen LogP contribution in [0.5, 0.6) is 0 Å². The molecule has 4 heteroatoms. The molecule has 0 spiro atoms. The monoisotopic (exact) mass is 195 g/mol. The lowest BCUT2D eigenvalue weighted by molar-refractivity contribution is 0.302. The van der Waals surface area contributed by atoms with E-state index in [4.69, 9.17) is 10.8 Å². The number of rotatable bonds is 4. The molecule has 0 aromatic carbocycles. The van der Waals surface area contributed by atoms with E-state index in [2.05, 4.69) is 4.98 Å². The summed E-state index contributed by atoms with van der Waals surface area (Å²) < 4.78 is 0. The molecule has 0 fully saturated rings. The Kier molecular flexibility index (Phi) is 3.71. The minimum atomic E-state index is 0.128. The fraction of sp³-hybridized carbons (Fsp3) is 0.500. The van der Waals surface area contributed by atoms with E-state index in [-0.39, 0.29) is 6.61 Å². The van der Waals surface area contributed by atoms with Crippen LogP contribution < -0.4 is 10.6 Å². The van der Waals surface area contributed by atoms with Crippen LogP contribution in [0.4, 0.5) is 11.5 Å². The molecule has 0 bridgehead atoms. The standard InChI is InChI=1S/C10H17N3O/c1-3-13(4-5-14)10-6-9(11)8(2)7-12-10/h6-7,14H,3-5H2,1-2H3,(H2,11,12). The third kappa shape index (κ3) is 2.35. The molecule has 1 heterocycles. The number of nitrogens with zero attached hydrogens (tertiary/aromatic N) is 2. The SMILES string of the molecule is CCN(CCO)c1cc(N)c(C)cn1. The van der Waals surface area contributed by atoms with Gasteiger partial charge in [0.1, 0.15) is 5.82 Å². The molecule has 0 unspecified atom stereocenters. The van der Waals surface area contributed by atoms with E-state index in [1.807, 2.05) is 24.8 Å². The summed E-state index contributed by atoms with van der Waals surface area (Å²) in [5.74, 6) is 0.824. The van der Waals surface area contributed by atoms with Crippen LogP contribution in [0, 0.1) is 6.92 Å². The summed E-state index contributed by atoms with van der Waals surface area (Å²) in [5, 5.41) is 8.85. The molecule has 0 saturated carbocycles. The van der Waals surface area contributed by atoms with Crippen LogP contribution in [-0.2, 0) is 0 Å². The molecular formula is C10H17N3O. The van der Waals surface area contributed by atoms with Gasteiger partial charge in [-0.2, -0.15) is 0 Å². The zero-order chi connectivity index (χ0) is 10.6. The highest BCUT2D eigenvalue weighted by Gasteiger charge is 2.05. The number of aliphatic hydroxyl groups excluding tert-OH is 1. The second-order valence-corrected chi connectivity index (χ2v) is 3.20. The van der Waals surface area contributed by atoms with Gasteiger partial charge >= 0.3 is 0 Å². The van der Waals surface area contributed by atoms with E-state index in [1.165, 1.54) is 0 Å². The van der Waals surface area contributed by atoms with E-state index < -0.39 is 0 Å². The van der Waals surface area contributed by atoms with E-state index in [0.717, 1.165) is 23.6 Å². The van der Waals surface area contributed by atoms with Crippen molar-refractivity contribution in [3.63, 3.8) is 0 Å². The first-order valence-corrected chi connectivity index (χ1v) is 4.77. The molecule has 1 aromatic rings. The largest absolute Gasteiger partial charge is 0.398 e. The Morgan fingerprint density at radius 1 is 1.57 bits per heavy atom. The predicted octanol–water partition coefficient (Wildman–Crippen LogP) is 0.791. The average molecular weight is 195 g/mol. The maximum atomic E-state index is 8.85. The van der Waals surface area contributed by atoms with E-state index >= 15 is 0 Å². The van der Waals surface area contributed by atoms with Crippen molar-refractivity contribution in [2.45, 2.75) is 13.8 Å². The third-order valence-corrected chi connectivity index (χ3v) is 2.21. The summed E-state index contributed by atoms with van der Waals surface area (Å²) in [6, 6.07) is 1.84. The Hall–Kier alpha value is -1.29. The number of nitrogen functional groups attached to an aromatic ring is 1. The average Bonchev–Trinajstić information content (AvgIpc) is 2.19. The first kappa shape index (κ1) is 10.8. The van der Waals surface area contributed by atoms with Gasteiger partial charge in [0.15, 0.2) is 0 Å². The van der Waals surface area contributed by atoms with Crippen LogP contribution in [0.1, 0.15) is 12.5 Å². The summed E-state index contributed by atoms with van der Waals surface area (Å²) in [5.41, 5.74) is 7.50. The van der Waals surface area contributed by atoms with Gasteiger partial charge in [-0.1, -0.05) is 0 Å². The molecule has 4 nitrogen and oxygen atoms in total. The Bertz CT molecular complexity index is 301. The van der Waals surface area contributed by atoms with Crippen LogP contribution in [0.2, 0.25) is 0 Å². The van der Waals surface area contributed by atoms with Gasteiger partial charge in [-0.3, -0.25) is 0 Å². The second kappa shape index (κ2) is 4.81. The van der Waals surface area contributed by atoms with E-state index in [1.54, 1.807) is 6.20 Å². The molecule has 3 N–H and O–H groups in total. The number of pyridine rings is 1. The number of aryl methyl sites for hydroxylation is 1. The summed E-state index contributed by atoms with van der Waals surface area (Å²) in [6.45, 7) is 5.48. The number of hydrogen-bond donors (Lipinski definition) is 2. The van der Waals surface area contributed by atoms with E-state index in [0.29, 0.717) is 6.54 Å². The fourth-order valence-corrected chi connectivity index (χ4v) is 1.26. The van der Waals surface area contributed by atoms with Crippen molar-refractivity contribution in [2.24, 2.45) is 0 Å². The van der Waals surface area contributed by atoms with Crippen molar-refractivity contribution in [2.75, 3.05) is 30.3 Å². The summed E-state index contributed by atoms with van der Waals surface area (Å²) >= 11 is 0. The number of anilines is 2. The Balaban J connectivity index is 2.88. The number of hydrogen-bond acceptors (Lipinski definition) is 4. The van der Waals surface area contributed by atoms with Crippen molar-refractivity contribution in [3.8, 4) is 0 Å². The Morgan fingerprint density at radius 3 is 2.79 bits per heavy atom. The van der Waals surface area contributed by atoms with Gasteiger partial charge in [0, 0.05) is 31.0 Å². The van der Waals surface area contributed by atoms with Gasteiger partial charge in [-0.25, -0.2) is 4.98 Å². The molecule has 0 aliphatic rings. The maximum Gasteiger partial charge on any atom is 0.130 e. The zero-order valence-electron chi connectivity index (χ0n) is 8.70. The third-order valence-electron chi connectivity index (χ3n) is 2.21. The summed E-state index contributed by atoms with van der Waals surface area (Å²) in [7, 11) is 0. The van der Waals surface area contributed by atoms with Crippen molar-refractivity contribution < 1.29 is 5.11 Å². The lowest BCUT2D eigenvalue weighted by Crippen LogP contribution is -2.27. The minimum absolute atomic E-state index is 0.128. The molecule has 0 aliphatic heterocycles. The van der Waals surface area contributed by atoms with Crippen molar-refractivity contribution in [1.29, 1.82) is 0 Å². The second-order valence-electron chi connectivity index (χ2n) is 3.20. The van der Waals surface area contributed by atoms with E-state index in [9.17, 15) is 0 Å². The molecule has 0 aliphatic carbocycles. The maximum absolute atomic E-state index is 8.85. The molecule has 0 amide bonds. The minimum Gasteiger partial charge on any atom is -0.398 e. The first-order chi connectivity index (χ1) is 6.69. The molecule has 78 valence electrons. The number of aliphatic hydroxyl groups is 1. The molecule has 14 heavy (non-hydrogen) atoms. The molecule has 0 atom stereocenters. The lowest BCUT2D eigenvalue weighted by Gasteiger charge is -2.21. The molecule has 0 radical (unpaired) electrons. The number of likely N-dealkylation sites (N-methyl/N-ethyl adjacent to an activating group) is 1. The van der Waals surface area contributed by atoms with Crippen LogP contribution in [0.15, 0.2) is 12.3 Å². The summed E-state index contributed by atoms with van der Waals surface area (Å²) in [6.07, 6.45) is 1.75. The van der Waals surface area contributed by atoms with Gasteiger partial charge in [-0.15, -0.1) is 0 Å². The van der Waals surface area contributed by atoms with Gasteiger partial charge in [0.25, 0.3) is 0 Å².